The van der Waals surface area contributed by atoms with Crippen LogP contribution < -0.4 is 15.0 Å². The van der Waals surface area contributed by atoms with E-state index in [4.69, 9.17) is 16.3 Å². The fraction of sp³-hybridized carbons (Fsp3) is 0.409. The average Bonchev–Trinajstić information content (AvgIpc) is 2.69. The third kappa shape index (κ3) is 5.39. The molecule has 0 saturated carbocycles. The molecule has 2 aromatic carbocycles. The first-order chi connectivity index (χ1) is 13.2. The topological polar surface area (TPSA) is 41.6 Å². The first-order valence-corrected chi connectivity index (χ1v) is 10.1. The van der Waals surface area contributed by atoms with E-state index < -0.39 is 6.10 Å². The van der Waals surface area contributed by atoms with Gasteiger partial charge < -0.3 is 15.0 Å². The van der Waals surface area contributed by atoms with Gasteiger partial charge in [0.2, 0.25) is 0 Å². The van der Waals surface area contributed by atoms with Crippen molar-refractivity contribution in [1.29, 1.82) is 0 Å². The molecule has 1 amide bonds. The minimum atomic E-state index is -0.501. The molecule has 144 valence electrons. The Morgan fingerprint density at radius 3 is 2.93 bits per heavy atom. The molecule has 1 heterocycles. The average molecular weight is 387 g/mol. The third-order valence-corrected chi connectivity index (χ3v) is 5.08. The van der Waals surface area contributed by atoms with Gasteiger partial charge in [0.25, 0.3) is 5.91 Å². The van der Waals surface area contributed by atoms with Gasteiger partial charge in [-0.05, 0) is 55.5 Å². The van der Waals surface area contributed by atoms with Gasteiger partial charge in [-0.1, -0.05) is 42.8 Å². The first-order valence-electron chi connectivity index (χ1n) is 9.70. The Morgan fingerprint density at radius 1 is 1.26 bits per heavy atom. The van der Waals surface area contributed by atoms with Gasteiger partial charge in [-0.15, -0.1) is 0 Å². The number of nitrogens with one attached hydrogen (secondary N) is 1. The monoisotopic (exact) mass is 386 g/mol. The number of carbonyl (C=O) groups excluding carboxylic acids is 1. The highest BCUT2D eigenvalue weighted by Gasteiger charge is 2.19. The number of amides is 1. The number of ether oxygens (including phenoxy) is 1. The second-order valence-corrected chi connectivity index (χ2v) is 7.27. The van der Waals surface area contributed by atoms with E-state index in [-0.39, 0.29) is 5.91 Å². The van der Waals surface area contributed by atoms with E-state index >= 15 is 0 Å². The highest BCUT2D eigenvalue weighted by atomic mass is 35.5. The zero-order valence-electron chi connectivity index (χ0n) is 15.8. The normalized spacial score (nSPS) is 14.4. The summed E-state index contributed by atoms with van der Waals surface area (Å²) < 4.78 is 5.79. The summed E-state index contributed by atoms with van der Waals surface area (Å²) in [5.41, 5.74) is 2.76. The quantitative estimate of drug-likeness (QED) is 0.681. The molecule has 3 rings (SSSR count). The van der Waals surface area contributed by atoms with Crippen LogP contribution in [0, 0.1) is 0 Å². The van der Waals surface area contributed by atoms with Crippen LogP contribution in [0.25, 0.3) is 0 Å². The maximum atomic E-state index is 12.4. The predicted molar refractivity (Wildman–Crippen MR) is 111 cm³/mol. The molecule has 1 N–H and O–H groups in total. The lowest BCUT2D eigenvalue weighted by atomic mass is 10.0. The molecule has 27 heavy (non-hydrogen) atoms. The standard InChI is InChI=1S/C22H27ClN2O2/c1-2-21(27-19-11-5-10-18(23)16-19)22(26)24-13-7-15-25-14-6-9-17-8-3-4-12-20(17)25/h3-5,8,10-12,16,21H,2,6-7,9,13-15H2,1H3,(H,24,26)/t21-/m1/s1. The molecule has 1 aliphatic rings. The van der Waals surface area contributed by atoms with E-state index in [2.05, 4.69) is 34.5 Å². The largest absolute Gasteiger partial charge is 0.481 e. The van der Waals surface area contributed by atoms with Crippen molar-refractivity contribution in [1.82, 2.24) is 5.32 Å². The number of anilines is 1. The van der Waals surface area contributed by atoms with Crippen molar-refractivity contribution in [2.24, 2.45) is 0 Å². The Kier molecular flexibility index (Phi) is 6.99. The van der Waals surface area contributed by atoms with Crippen LogP contribution in [0.15, 0.2) is 48.5 Å². The van der Waals surface area contributed by atoms with Crippen LogP contribution in [0.4, 0.5) is 5.69 Å². The summed E-state index contributed by atoms with van der Waals surface area (Å²) in [6.45, 7) is 4.62. The lowest BCUT2D eigenvalue weighted by Crippen LogP contribution is -2.39. The van der Waals surface area contributed by atoms with Gasteiger partial charge in [-0.25, -0.2) is 0 Å². The number of hydrogen-bond donors (Lipinski definition) is 1. The lowest BCUT2D eigenvalue weighted by molar-refractivity contribution is -0.128. The fourth-order valence-electron chi connectivity index (χ4n) is 3.47. The number of aryl methyl sites for hydroxylation is 1. The molecule has 0 aromatic heterocycles. The van der Waals surface area contributed by atoms with Crippen molar-refractivity contribution >= 4 is 23.2 Å². The summed E-state index contributed by atoms with van der Waals surface area (Å²) >= 11 is 5.98. The summed E-state index contributed by atoms with van der Waals surface area (Å²) in [7, 11) is 0. The van der Waals surface area contributed by atoms with Gasteiger partial charge in [0.1, 0.15) is 5.75 Å². The number of benzene rings is 2. The van der Waals surface area contributed by atoms with Crippen LogP contribution in [0.2, 0.25) is 5.02 Å². The number of nitrogens with zero attached hydrogens (tertiary/aromatic N) is 1. The highest BCUT2D eigenvalue weighted by molar-refractivity contribution is 6.30. The van der Waals surface area contributed by atoms with Crippen LogP contribution >= 0.6 is 11.6 Å². The molecule has 0 unspecified atom stereocenters. The van der Waals surface area contributed by atoms with Crippen molar-refractivity contribution < 1.29 is 9.53 Å². The Labute approximate surface area is 166 Å². The Hall–Kier alpha value is -2.20. The van der Waals surface area contributed by atoms with Crippen molar-refractivity contribution in [3.63, 3.8) is 0 Å². The van der Waals surface area contributed by atoms with Crippen molar-refractivity contribution in [3.05, 3.63) is 59.1 Å². The van der Waals surface area contributed by atoms with Gasteiger partial charge in [-0.2, -0.15) is 0 Å². The Bertz CT molecular complexity index is 765. The molecule has 4 nitrogen and oxygen atoms in total. The molecule has 0 radical (unpaired) electrons. The minimum Gasteiger partial charge on any atom is -0.481 e. The maximum absolute atomic E-state index is 12.4. The van der Waals surface area contributed by atoms with Gasteiger partial charge >= 0.3 is 0 Å². The molecule has 0 aliphatic carbocycles. The summed E-state index contributed by atoms with van der Waals surface area (Å²) in [5, 5.41) is 3.61. The molecule has 0 bridgehead atoms. The summed E-state index contributed by atoms with van der Waals surface area (Å²) in [4.78, 5) is 14.9. The van der Waals surface area contributed by atoms with Crippen molar-refractivity contribution in [3.8, 4) is 5.75 Å². The summed E-state index contributed by atoms with van der Waals surface area (Å²) in [6, 6.07) is 15.8. The van der Waals surface area contributed by atoms with Crippen LogP contribution in [-0.4, -0.2) is 31.6 Å². The van der Waals surface area contributed by atoms with E-state index in [0.29, 0.717) is 23.7 Å². The number of halogens is 1. The zero-order valence-corrected chi connectivity index (χ0v) is 16.5. The van der Waals surface area contributed by atoms with Gasteiger partial charge in [0.05, 0.1) is 0 Å². The van der Waals surface area contributed by atoms with E-state index in [1.807, 2.05) is 19.1 Å². The molecule has 0 fully saturated rings. The molecule has 5 heteroatoms. The minimum absolute atomic E-state index is 0.0727. The lowest BCUT2D eigenvalue weighted by Gasteiger charge is -2.31. The van der Waals surface area contributed by atoms with Gasteiger partial charge in [0, 0.05) is 30.3 Å². The SMILES string of the molecule is CC[C@@H](Oc1cccc(Cl)c1)C(=O)NCCCN1CCCc2ccccc21. The molecular weight excluding hydrogens is 360 g/mol. The van der Waals surface area contributed by atoms with E-state index in [1.54, 1.807) is 12.1 Å². The number of hydrogen-bond acceptors (Lipinski definition) is 3. The van der Waals surface area contributed by atoms with Crippen molar-refractivity contribution in [2.75, 3.05) is 24.5 Å². The van der Waals surface area contributed by atoms with E-state index in [1.165, 1.54) is 17.7 Å². The zero-order chi connectivity index (χ0) is 19.1. The number of fused-ring (bicyclic) bond motifs is 1. The van der Waals surface area contributed by atoms with Crippen LogP contribution in [0.1, 0.15) is 31.7 Å². The Morgan fingerprint density at radius 2 is 2.11 bits per heavy atom. The summed E-state index contributed by atoms with van der Waals surface area (Å²) in [6.07, 6.45) is 3.36. The second-order valence-electron chi connectivity index (χ2n) is 6.84. The number of carbonyl (C=O) groups is 1. The first kappa shape index (κ1) is 19.6. The Balaban J connectivity index is 1.45. The number of para-hydroxylation sites is 1. The van der Waals surface area contributed by atoms with E-state index in [0.717, 1.165) is 25.9 Å². The maximum Gasteiger partial charge on any atom is 0.261 e. The van der Waals surface area contributed by atoms with E-state index in [9.17, 15) is 4.79 Å². The smallest absolute Gasteiger partial charge is 0.261 e. The molecule has 0 spiro atoms. The van der Waals surface area contributed by atoms with Crippen molar-refractivity contribution in [2.45, 2.75) is 38.7 Å². The molecule has 1 atom stereocenters. The molecular formula is C22H27ClN2O2. The van der Waals surface area contributed by atoms with Crippen LogP contribution in [-0.2, 0) is 11.2 Å². The highest BCUT2D eigenvalue weighted by Crippen LogP contribution is 2.26. The molecule has 1 aliphatic heterocycles. The van der Waals surface area contributed by atoms with Gasteiger partial charge in [-0.3, -0.25) is 4.79 Å². The van der Waals surface area contributed by atoms with Crippen LogP contribution in [0.3, 0.4) is 0 Å². The molecule has 2 aromatic rings. The predicted octanol–water partition coefficient (Wildman–Crippen LogP) is 4.46. The third-order valence-electron chi connectivity index (χ3n) is 4.85. The van der Waals surface area contributed by atoms with Gasteiger partial charge in [0.15, 0.2) is 6.10 Å². The fourth-order valence-corrected chi connectivity index (χ4v) is 3.65. The second kappa shape index (κ2) is 9.65. The number of rotatable bonds is 8. The summed E-state index contributed by atoms with van der Waals surface area (Å²) in [5.74, 6) is 0.547. The molecule has 0 saturated heterocycles. The van der Waals surface area contributed by atoms with Crippen LogP contribution in [0.5, 0.6) is 5.75 Å².